The smallest absolute Gasteiger partial charge is 0.340 e. The number of carbonyl (C=O) groups excluding carboxylic acids is 2. The summed E-state index contributed by atoms with van der Waals surface area (Å²) in [6.45, 7) is 8.15. The van der Waals surface area contributed by atoms with Crippen LogP contribution in [0.25, 0.3) is 21.7 Å². The van der Waals surface area contributed by atoms with Gasteiger partial charge in [0.2, 0.25) is 0 Å². The van der Waals surface area contributed by atoms with Gasteiger partial charge in [0.05, 0.1) is 36.8 Å². The summed E-state index contributed by atoms with van der Waals surface area (Å²) in [6, 6.07) is 15.4. The third-order valence-electron chi connectivity index (χ3n) is 6.55. The number of hydrogen-bond donors (Lipinski definition) is 1. The monoisotopic (exact) mass is 499 g/mol. The number of esters is 1. The molecule has 0 saturated heterocycles. The molecule has 37 heavy (non-hydrogen) atoms. The highest BCUT2D eigenvalue weighted by atomic mass is 16.5. The van der Waals surface area contributed by atoms with E-state index < -0.39 is 5.97 Å². The van der Waals surface area contributed by atoms with Gasteiger partial charge in [0.25, 0.3) is 5.91 Å². The van der Waals surface area contributed by atoms with Gasteiger partial charge in [-0.05, 0) is 52.0 Å². The second kappa shape index (κ2) is 9.89. The van der Waals surface area contributed by atoms with Gasteiger partial charge in [0.15, 0.2) is 6.61 Å². The molecule has 1 amide bonds. The van der Waals surface area contributed by atoms with Gasteiger partial charge >= 0.3 is 5.97 Å². The van der Waals surface area contributed by atoms with Gasteiger partial charge in [-0.2, -0.15) is 0 Å². The molecule has 0 radical (unpaired) electrons. The number of fused-ring (bicyclic) bond motifs is 3. The Balaban J connectivity index is 1.59. The molecule has 3 heterocycles. The molecule has 0 spiro atoms. The zero-order chi connectivity index (χ0) is 26.1. The maximum atomic E-state index is 13.1. The van der Waals surface area contributed by atoms with Crippen LogP contribution in [-0.4, -0.2) is 34.3 Å². The van der Waals surface area contributed by atoms with Crippen molar-refractivity contribution in [2.45, 2.75) is 34.2 Å². The quantitative estimate of drug-likeness (QED) is 0.285. The highest BCUT2D eigenvalue weighted by Crippen LogP contribution is 2.38. The Morgan fingerprint density at radius 3 is 2.38 bits per heavy atom. The van der Waals surface area contributed by atoms with E-state index in [1.807, 2.05) is 69.3 Å². The molecule has 2 aromatic carbocycles. The first kappa shape index (κ1) is 24.2. The molecule has 0 unspecified atom stereocenters. The molecule has 0 fully saturated rings. The second-order valence-electron chi connectivity index (χ2n) is 8.99. The molecule has 0 aliphatic heterocycles. The van der Waals surface area contributed by atoms with Gasteiger partial charge in [-0.15, -0.1) is 0 Å². The van der Waals surface area contributed by atoms with E-state index in [1.165, 1.54) is 0 Å². The zero-order valence-electron chi connectivity index (χ0n) is 21.3. The molecule has 0 bridgehead atoms. The van der Waals surface area contributed by atoms with E-state index in [0.717, 1.165) is 38.9 Å². The van der Waals surface area contributed by atoms with Crippen LogP contribution in [0.3, 0.4) is 0 Å². The Morgan fingerprint density at radius 2 is 1.70 bits per heavy atom. The molecule has 3 aromatic heterocycles. The number of aryl methyl sites for hydroxylation is 2. The van der Waals surface area contributed by atoms with Crippen LogP contribution in [0.1, 0.15) is 39.9 Å². The van der Waals surface area contributed by atoms with Crippen LogP contribution in [0, 0.1) is 20.8 Å². The van der Waals surface area contributed by atoms with Gasteiger partial charge in [0.1, 0.15) is 5.75 Å². The first-order valence-electron chi connectivity index (χ1n) is 12.2. The SMILES string of the molecule is CCOC(=O)c1c(C)n(Cc2ccoc2)c2c1cc(OCC(=O)Nn1c(C)ccc1C)c1ccccc12. The van der Waals surface area contributed by atoms with E-state index >= 15 is 0 Å². The number of benzene rings is 2. The molecule has 0 saturated carbocycles. The van der Waals surface area contributed by atoms with Crippen molar-refractivity contribution in [3.05, 3.63) is 89.3 Å². The van der Waals surface area contributed by atoms with Crippen LogP contribution in [0.2, 0.25) is 0 Å². The van der Waals surface area contributed by atoms with Crippen molar-refractivity contribution >= 4 is 33.6 Å². The van der Waals surface area contributed by atoms with Crippen molar-refractivity contribution in [2.75, 3.05) is 18.6 Å². The first-order chi connectivity index (χ1) is 17.9. The molecule has 0 aliphatic rings. The Labute approximate surface area is 214 Å². The van der Waals surface area contributed by atoms with E-state index in [2.05, 4.69) is 9.99 Å². The Bertz CT molecular complexity index is 1590. The standard InChI is InChI=1S/C29H29N3O5/c1-5-36-29(34)27-20(4)31(15-21-12-13-35-16-21)28-23-9-7-6-8-22(23)25(14-24(27)28)37-17-26(33)30-32-18(2)10-11-19(32)3/h6-14,16H,5,15,17H2,1-4H3,(H,30,33). The normalized spacial score (nSPS) is 11.2. The topological polar surface area (TPSA) is 87.6 Å². The lowest BCUT2D eigenvalue weighted by Crippen LogP contribution is -2.29. The molecular weight excluding hydrogens is 470 g/mol. The summed E-state index contributed by atoms with van der Waals surface area (Å²) in [5.74, 6) is -0.162. The van der Waals surface area contributed by atoms with Crippen molar-refractivity contribution in [3.63, 3.8) is 0 Å². The Morgan fingerprint density at radius 1 is 0.973 bits per heavy atom. The minimum atomic E-state index is -0.395. The summed E-state index contributed by atoms with van der Waals surface area (Å²) in [5.41, 5.74) is 7.85. The van der Waals surface area contributed by atoms with E-state index in [4.69, 9.17) is 13.9 Å². The number of carbonyl (C=O) groups is 2. The van der Waals surface area contributed by atoms with E-state index in [1.54, 1.807) is 24.1 Å². The minimum Gasteiger partial charge on any atom is -0.483 e. The van der Waals surface area contributed by atoms with E-state index in [0.29, 0.717) is 23.2 Å². The van der Waals surface area contributed by atoms with E-state index in [9.17, 15) is 9.59 Å². The third-order valence-corrected chi connectivity index (χ3v) is 6.55. The molecule has 5 aromatic rings. The number of aromatic nitrogens is 2. The zero-order valence-corrected chi connectivity index (χ0v) is 21.3. The predicted molar refractivity (Wildman–Crippen MR) is 142 cm³/mol. The fourth-order valence-electron chi connectivity index (χ4n) is 4.79. The van der Waals surface area contributed by atoms with Crippen LogP contribution in [-0.2, 0) is 16.1 Å². The molecule has 1 N–H and O–H groups in total. The maximum absolute atomic E-state index is 13.1. The molecule has 0 aliphatic carbocycles. The number of ether oxygens (including phenoxy) is 2. The van der Waals surface area contributed by atoms with Crippen LogP contribution < -0.4 is 10.2 Å². The van der Waals surface area contributed by atoms with Gasteiger partial charge in [-0.3, -0.25) is 14.9 Å². The fraction of sp³-hybridized carbons (Fsp3) is 0.241. The second-order valence-corrected chi connectivity index (χ2v) is 8.99. The lowest BCUT2D eigenvalue weighted by atomic mass is 10.0. The van der Waals surface area contributed by atoms with Gasteiger partial charge in [0, 0.05) is 38.8 Å². The molecular formula is C29H29N3O5. The molecule has 5 rings (SSSR count). The lowest BCUT2D eigenvalue weighted by Gasteiger charge is -2.14. The van der Waals surface area contributed by atoms with Gasteiger partial charge in [-0.1, -0.05) is 24.3 Å². The highest BCUT2D eigenvalue weighted by molar-refractivity contribution is 6.16. The largest absolute Gasteiger partial charge is 0.483 e. The molecule has 8 heteroatoms. The fourth-order valence-corrected chi connectivity index (χ4v) is 4.79. The van der Waals surface area contributed by atoms with Gasteiger partial charge in [-0.25, -0.2) is 4.79 Å². The summed E-state index contributed by atoms with van der Waals surface area (Å²) in [4.78, 5) is 25.8. The third kappa shape index (κ3) is 4.46. The first-order valence-corrected chi connectivity index (χ1v) is 12.2. The van der Waals surface area contributed by atoms with Crippen LogP contribution >= 0.6 is 0 Å². The van der Waals surface area contributed by atoms with Crippen LogP contribution in [0.4, 0.5) is 0 Å². The average Bonchev–Trinajstić information content (AvgIpc) is 3.58. The van der Waals surface area contributed by atoms with Crippen molar-refractivity contribution in [1.82, 2.24) is 9.24 Å². The Kier molecular flexibility index (Phi) is 6.48. The number of hydrogen-bond acceptors (Lipinski definition) is 5. The highest BCUT2D eigenvalue weighted by Gasteiger charge is 2.24. The van der Waals surface area contributed by atoms with Crippen molar-refractivity contribution in [2.24, 2.45) is 0 Å². The number of amides is 1. The summed E-state index contributed by atoms with van der Waals surface area (Å²) in [7, 11) is 0. The van der Waals surface area contributed by atoms with Gasteiger partial charge < -0.3 is 18.5 Å². The summed E-state index contributed by atoms with van der Waals surface area (Å²) < 4.78 is 20.6. The van der Waals surface area contributed by atoms with Crippen LogP contribution in [0.15, 0.2) is 65.5 Å². The molecule has 190 valence electrons. The lowest BCUT2D eigenvalue weighted by molar-refractivity contribution is -0.119. The van der Waals surface area contributed by atoms with Crippen molar-refractivity contribution in [3.8, 4) is 5.75 Å². The summed E-state index contributed by atoms with van der Waals surface area (Å²) in [5, 5.41) is 2.47. The molecule has 8 nitrogen and oxygen atoms in total. The van der Waals surface area contributed by atoms with Crippen LogP contribution in [0.5, 0.6) is 5.75 Å². The van der Waals surface area contributed by atoms with Crippen molar-refractivity contribution in [1.29, 1.82) is 0 Å². The Hall–Kier alpha value is -4.46. The van der Waals surface area contributed by atoms with E-state index in [-0.39, 0.29) is 19.1 Å². The summed E-state index contributed by atoms with van der Waals surface area (Å²) >= 11 is 0. The summed E-state index contributed by atoms with van der Waals surface area (Å²) in [6.07, 6.45) is 3.33. The number of rotatable bonds is 8. The average molecular weight is 500 g/mol. The predicted octanol–water partition coefficient (Wildman–Crippen LogP) is 5.49. The number of nitrogens with zero attached hydrogens (tertiary/aromatic N) is 2. The number of nitrogens with one attached hydrogen (secondary N) is 1. The minimum absolute atomic E-state index is 0.185. The number of furan rings is 1. The maximum Gasteiger partial charge on any atom is 0.340 e. The molecule has 0 atom stereocenters. The van der Waals surface area contributed by atoms with Crippen molar-refractivity contribution < 1.29 is 23.5 Å².